The normalized spacial score (nSPS) is 11.1. The molecule has 0 aliphatic carbocycles. The zero-order valence-electron chi connectivity index (χ0n) is 36.7. The molecular weight excluding hydrogens is 817 g/mol. The van der Waals surface area contributed by atoms with Crippen LogP contribution in [0.25, 0.3) is 112 Å². The maximum Gasteiger partial charge on any atom is 0.126 e. The molecule has 316 valence electrons. The van der Waals surface area contributed by atoms with E-state index in [-0.39, 0.29) is 0 Å². The van der Waals surface area contributed by atoms with E-state index >= 15 is 0 Å². The van der Waals surface area contributed by atoms with Crippen LogP contribution in [0, 0.1) is 6.92 Å². The van der Waals surface area contributed by atoms with Crippen molar-refractivity contribution in [3.8, 4) is 112 Å². The van der Waals surface area contributed by atoms with Gasteiger partial charge in [-0.05, 0) is 140 Å². The second-order valence-electron chi connectivity index (χ2n) is 16.4. The van der Waals surface area contributed by atoms with Crippen molar-refractivity contribution in [2.45, 2.75) is 6.92 Å². The minimum Gasteiger partial charge on any atom is -0.264 e. The van der Waals surface area contributed by atoms with E-state index in [1.54, 1.807) is 0 Å². The highest BCUT2D eigenvalue weighted by Gasteiger charge is 2.19. The molecule has 0 unspecified atom stereocenters. The molecule has 6 nitrogen and oxygen atoms in total. The topological polar surface area (TPSA) is 77.3 Å². The third kappa shape index (κ3) is 8.43. The molecule has 67 heavy (non-hydrogen) atoms. The molecule has 0 N–H and O–H groups in total. The maximum atomic E-state index is 5.18. The Kier molecular flexibility index (Phi) is 11.1. The van der Waals surface area contributed by atoms with Crippen LogP contribution < -0.4 is 0 Å². The van der Waals surface area contributed by atoms with Gasteiger partial charge in [-0.3, -0.25) is 19.9 Å². The highest BCUT2D eigenvalue weighted by Crippen LogP contribution is 2.43. The smallest absolute Gasteiger partial charge is 0.126 e. The fourth-order valence-electron chi connectivity index (χ4n) is 9.07. The molecule has 0 spiro atoms. The van der Waals surface area contributed by atoms with Gasteiger partial charge in [0, 0.05) is 83.0 Å². The van der Waals surface area contributed by atoms with Crippen molar-refractivity contribution in [3.63, 3.8) is 0 Å². The average molecular weight is 859 g/mol. The lowest BCUT2D eigenvalue weighted by atomic mass is 9.88. The van der Waals surface area contributed by atoms with Crippen LogP contribution in [0.4, 0.5) is 0 Å². The van der Waals surface area contributed by atoms with Crippen molar-refractivity contribution in [1.82, 2.24) is 29.9 Å². The van der Waals surface area contributed by atoms with E-state index in [0.717, 1.165) is 112 Å². The largest absolute Gasteiger partial charge is 0.264 e. The van der Waals surface area contributed by atoms with Crippen molar-refractivity contribution >= 4 is 0 Å². The SMILES string of the molecule is Cc1nc(-c2cc(-c3ccccc3-c3cccnc3)cc(-c3ccccc3-c3cccnc3)c2)cc(-c2cc(-c3ccccc3-c3cccnc3)cc(-c3ccccc3-c3cccnc3)c2)n1. The van der Waals surface area contributed by atoms with Crippen LogP contribution in [0.1, 0.15) is 5.82 Å². The number of nitrogens with zero attached hydrogens (tertiary/aromatic N) is 6. The number of benzene rings is 6. The number of hydrogen-bond acceptors (Lipinski definition) is 6. The molecule has 0 saturated carbocycles. The van der Waals surface area contributed by atoms with Gasteiger partial charge in [0.15, 0.2) is 0 Å². The monoisotopic (exact) mass is 858 g/mol. The first-order valence-corrected chi connectivity index (χ1v) is 22.3. The first kappa shape index (κ1) is 40.8. The summed E-state index contributed by atoms with van der Waals surface area (Å²) >= 11 is 0. The first-order chi connectivity index (χ1) is 33.1. The van der Waals surface area contributed by atoms with Crippen LogP contribution in [0.3, 0.4) is 0 Å². The van der Waals surface area contributed by atoms with Crippen LogP contribution in [0.15, 0.2) is 238 Å². The van der Waals surface area contributed by atoms with E-state index in [4.69, 9.17) is 9.97 Å². The fraction of sp³-hybridized carbons (Fsp3) is 0.0164. The van der Waals surface area contributed by atoms with Crippen LogP contribution in [0.2, 0.25) is 0 Å². The quantitative estimate of drug-likeness (QED) is 0.136. The van der Waals surface area contributed by atoms with Gasteiger partial charge in [0.25, 0.3) is 0 Å². The molecule has 11 rings (SSSR count). The standard InChI is InChI=1S/C61H42N6/c1-41-66-60(50-32-46(56-22-6-2-18-52(56)42-14-10-26-62-37-42)30-47(33-50)57-23-7-3-19-53(57)43-15-11-27-63-38-43)36-61(67-41)51-34-48(58-24-8-4-20-54(58)44-16-12-28-64-39-44)31-49(35-51)59-25-9-5-21-55(59)45-17-13-29-65-40-45/h2-40H,1H3. The van der Waals surface area contributed by atoms with Gasteiger partial charge in [-0.2, -0.15) is 0 Å². The van der Waals surface area contributed by atoms with E-state index in [2.05, 4.69) is 184 Å². The van der Waals surface area contributed by atoms with Gasteiger partial charge in [-0.15, -0.1) is 0 Å². The summed E-state index contributed by atoms with van der Waals surface area (Å²) in [4.78, 5) is 28.3. The summed E-state index contributed by atoms with van der Waals surface area (Å²) in [5.74, 6) is 0.671. The third-order valence-corrected chi connectivity index (χ3v) is 12.1. The van der Waals surface area contributed by atoms with E-state index < -0.39 is 0 Å². The second-order valence-corrected chi connectivity index (χ2v) is 16.4. The molecule has 0 atom stereocenters. The fourth-order valence-corrected chi connectivity index (χ4v) is 9.07. The molecule has 11 aromatic rings. The summed E-state index contributed by atoms with van der Waals surface area (Å²) in [5.41, 5.74) is 20.8. The molecule has 6 aromatic carbocycles. The summed E-state index contributed by atoms with van der Waals surface area (Å²) < 4.78 is 0. The van der Waals surface area contributed by atoms with Crippen LogP contribution in [-0.4, -0.2) is 29.9 Å². The molecular formula is C61H42N6. The van der Waals surface area contributed by atoms with Crippen molar-refractivity contribution in [3.05, 3.63) is 243 Å². The van der Waals surface area contributed by atoms with Gasteiger partial charge in [0.1, 0.15) is 5.82 Å². The van der Waals surface area contributed by atoms with Gasteiger partial charge in [-0.1, -0.05) is 121 Å². The Morgan fingerprint density at radius 1 is 0.239 bits per heavy atom. The molecule has 0 amide bonds. The van der Waals surface area contributed by atoms with E-state index in [1.807, 2.05) is 80.8 Å². The zero-order chi connectivity index (χ0) is 44.9. The summed E-state index contributed by atoms with van der Waals surface area (Å²) in [6, 6.07) is 66.3. The van der Waals surface area contributed by atoms with Crippen LogP contribution in [0.5, 0.6) is 0 Å². The van der Waals surface area contributed by atoms with Crippen LogP contribution in [-0.2, 0) is 0 Å². The molecule has 0 fully saturated rings. The Bertz CT molecular complexity index is 3090. The van der Waals surface area contributed by atoms with E-state index in [9.17, 15) is 0 Å². The molecule has 6 heteroatoms. The predicted molar refractivity (Wildman–Crippen MR) is 272 cm³/mol. The number of aryl methyl sites for hydroxylation is 1. The lowest BCUT2D eigenvalue weighted by Gasteiger charge is -2.17. The Balaban J connectivity index is 1.13. The van der Waals surface area contributed by atoms with Gasteiger partial charge in [0.2, 0.25) is 0 Å². The Labute approximate surface area is 390 Å². The van der Waals surface area contributed by atoms with Crippen molar-refractivity contribution in [1.29, 1.82) is 0 Å². The molecule has 0 aliphatic rings. The zero-order valence-corrected chi connectivity index (χ0v) is 36.7. The summed E-state index contributed by atoms with van der Waals surface area (Å²) in [6.07, 6.45) is 14.9. The molecule has 5 aromatic heterocycles. The minimum absolute atomic E-state index is 0.671. The molecule has 0 saturated heterocycles. The minimum atomic E-state index is 0.671. The Morgan fingerprint density at radius 3 is 0.716 bits per heavy atom. The molecule has 0 radical (unpaired) electrons. The number of pyridine rings is 4. The molecule has 0 aliphatic heterocycles. The third-order valence-electron chi connectivity index (χ3n) is 12.1. The Hall–Kier alpha value is -9.00. The average Bonchev–Trinajstić information content (AvgIpc) is 3.41. The number of hydrogen-bond donors (Lipinski definition) is 0. The van der Waals surface area contributed by atoms with E-state index in [0.29, 0.717) is 5.82 Å². The maximum absolute atomic E-state index is 5.18. The second kappa shape index (κ2) is 18.2. The predicted octanol–water partition coefficient (Wildman–Crippen LogP) is 15.0. The Morgan fingerprint density at radius 2 is 0.478 bits per heavy atom. The van der Waals surface area contributed by atoms with Crippen molar-refractivity contribution in [2.24, 2.45) is 0 Å². The first-order valence-electron chi connectivity index (χ1n) is 22.3. The van der Waals surface area contributed by atoms with Crippen molar-refractivity contribution < 1.29 is 0 Å². The number of aromatic nitrogens is 6. The molecule has 5 heterocycles. The van der Waals surface area contributed by atoms with Gasteiger partial charge in [0.05, 0.1) is 11.4 Å². The van der Waals surface area contributed by atoms with Crippen molar-refractivity contribution in [2.75, 3.05) is 0 Å². The summed E-state index contributed by atoms with van der Waals surface area (Å²) in [6.45, 7) is 1.98. The highest BCUT2D eigenvalue weighted by atomic mass is 14.9. The molecule has 0 bridgehead atoms. The van der Waals surface area contributed by atoms with E-state index in [1.165, 1.54) is 0 Å². The highest BCUT2D eigenvalue weighted by molar-refractivity contribution is 5.94. The summed E-state index contributed by atoms with van der Waals surface area (Å²) in [5, 5.41) is 0. The van der Waals surface area contributed by atoms with Gasteiger partial charge < -0.3 is 0 Å². The summed E-state index contributed by atoms with van der Waals surface area (Å²) in [7, 11) is 0. The lowest BCUT2D eigenvalue weighted by molar-refractivity contribution is 1.06. The van der Waals surface area contributed by atoms with Gasteiger partial charge in [-0.25, -0.2) is 9.97 Å². The lowest BCUT2D eigenvalue weighted by Crippen LogP contribution is -1.97. The van der Waals surface area contributed by atoms with Gasteiger partial charge >= 0.3 is 0 Å². The van der Waals surface area contributed by atoms with Crippen LogP contribution >= 0.6 is 0 Å². The number of rotatable bonds is 10.